The fourth-order valence-electron chi connectivity index (χ4n) is 3.79. The number of carboxylic acid groups (broad SMARTS) is 1. The maximum atomic E-state index is 12.8. The van der Waals surface area contributed by atoms with Gasteiger partial charge in [-0.05, 0) is 24.2 Å². The Hall–Kier alpha value is -1.39. The third-order valence-corrected chi connectivity index (χ3v) is 5.60. The van der Waals surface area contributed by atoms with Gasteiger partial charge in [-0.15, -0.1) is 0 Å². The van der Waals surface area contributed by atoms with Crippen LogP contribution in [-0.2, 0) is 14.4 Å². The van der Waals surface area contributed by atoms with Gasteiger partial charge in [-0.25, -0.2) is 0 Å². The molecule has 0 N–H and O–H groups in total. The van der Waals surface area contributed by atoms with Crippen LogP contribution in [-0.4, -0.2) is 28.7 Å². The largest absolute Gasteiger partial charge is 0.548 e. The molecule has 1 aliphatic heterocycles. The summed E-state index contributed by atoms with van der Waals surface area (Å²) in [5.41, 5.74) is -1.10. The zero-order valence-corrected chi connectivity index (χ0v) is 12.7. The highest BCUT2D eigenvalue weighted by atomic mass is 16.4. The molecule has 20 heavy (non-hydrogen) atoms. The van der Waals surface area contributed by atoms with Crippen LogP contribution >= 0.6 is 0 Å². The number of amides is 2. The Labute approximate surface area is 119 Å². The van der Waals surface area contributed by atoms with E-state index in [9.17, 15) is 19.5 Å². The molecule has 1 heterocycles. The molecule has 1 saturated heterocycles. The predicted molar refractivity (Wildman–Crippen MR) is 70.1 cm³/mol. The number of nitrogens with zero attached hydrogens (tertiary/aromatic N) is 1. The van der Waals surface area contributed by atoms with Gasteiger partial charge in [0, 0.05) is 5.92 Å². The highest BCUT2D eigenvalue weighted by Crippen LogP contribution is 2.60. The monoisotopic (exact) mass is 280 g/mol. The van der Waals surface area contributed by atoms with Crippen LogP contribution in [0.1, 0.15) is 47.5 Å². The van der Waals surface area contributed by atoms with Gasteiger partial charge in [-0.3, -0.25) is 14.5 Å². The first-order valence-electron chi connectivity index (χ1n) is 7.14. The summed E-state index contributed by atoms with van der Waals surface area (Å²) in [4.78, 5) is 37.8. The summed E-state index contributed by atoms with van der Waals surface area (Å²) in [7, 11) is 0. The van der Waals surface area contributed by atoms with E-state index in [1.165, 1.54) is 0 Å². The molecule has 3 atom stereocenters. The molecular weight excluding hydrogens is 258 g/mol. The number of piperidine rings is 1. The van der Waals surface area contributed by atoms with Crippen LogP contribution in [0.4, 0.5) is 0 Å². The van der Waals surface area contributed by atoms with Crippen molar-refractivity contribution in [1.29, 1.82) is 0 Å². The number of hydrogen-bond acceptors (Lipinski definition) is 4. The number of aliphatic carboxylic acids is 1. The van der Waals surface area contributed by atoms with Gasteiger partial charge in [0.25, 0.3) is 0 Å². The Kier molecular flexibility index (Phi) is 3.23. The van der Waals surface area contributed by atoms with Crippen molar-refractivity contribution in [2.75, 3.05) is 0 Å². The Bertz CT molecular complexity index is 482. The normalized spacial score (nSPS) is 33.7. The van der Waals surface area contributed by atoms with Crippen LogP contribution < -0.4 is 5.11 Å². The molecule has 112 valence electrons. The van der Waals surface area contributed by atoms with Crippen molar-refractivity contribution in [2.45, 2.75) is 53.5 Å². The third kappa shape index (κ3) is 1.64. The van der Waals surface area contributed by atoms with E-state index in [2.05, 4.69) is 0 Å². The van der Waals surface area contributed by atoms with E-state index in [4.69, 9.17) is 0 Å². The maximum Gasteiger partial charge on any atom is 0.236 e. The first-order valence-corrected chi connectivity index (χ1v) is 7.14. The first-order chi connectivity index (χ1) is 9.05. The Balaban J connectivity index is 2.51. The summed E-state index contributed by atoms with van der Waals surface area (Å²) in [6.07, 6.45) is 1.27. The molecule has 0 aromatic rings. The second kappa shape index (κ2) is 4.30. The minimum atomic E-state index is -1.36. The fraction of sp³-hybridized carbons (Fsp3) is 0.800. The lowest BCUT2D eigenvalue weighted by molar-refractivity contribution is -0.313. The Morgan fingerprint density at radius 1 is 1.30 bits per heavy atom. The molecule has 2 amide bonds. The molecule has 5 heteroatoms. The highest BCUT2D eigenvalue weighted by Gasteiger charge is 2.65. The van der Waals surface area contributed by atoms with Crippen molar-refractivity contribution < 1.29 is 19.5 Å². The lowest BCUT2D eigenvalue weighted by Gasteiger charge is -2.50. The molecule has 2 bridgehead atoms. The lowest BCUT2D eigenvalue weighted by Crippen LogP contribution is -2.65. The zero-order chi connectivity index (χ0) is 15.5. The highest BCUT2D eigenvalue weighted by molar-refractivity contribution is 6.06. The van der Waals surface area contributed by atoms with Crippen LogP contribution in [0.5, 0.6) is 0 Å². The number of carbonyl (C=O) groups is 3. The second-order valence-electron chi connectivity index (χ2n) is 7.17. The van der Waals surface area contributed by atoms with E-state index < -0.39 is 22.8 Å². The predicted octanol–water partition coefficient (Wildman–Crippen LogP) is 0.572. The van der Waals surface area contributed by atoms with Gasteiger partial charge < -0.3 is 9.90 Å². The van der Waals surface area contributed by atoms with Crippen molar-refractivity contribution in [1.82, 2.24) is 4.90 Å². The number of likely N-dealkylation sites (tertiary alicyclic amines) is 1. The van der Waals surface area contributed by atoms with Gasteiger partial charge in [0.05, 0.1) is 17.4 Å². The van der Waals surface area contributed by atoms with Crippen molar-refractivity contribution in [2.24, 2.45) is 22.7 Å². The fourth-order valence-corrected chi connectivity index (χ4v) is 3.79. The number of carboxylic acids is 1. The lowest BCUT2D eigenvalue weighted by atomic mass is 9.62. The van der Waals surface area contributed by atoms with E-state index in [1.54, 1.807) is 13.8 Å². The molecule has 0 radical (unpaired) electrons. The van der Waals surface area contributed by atoms with Gasteiger partial charge in [0.2, 0.25) is 11.8 Å². The van der Waals surface area contributed by atoms with E-state index in [0.29, 0.717) is 12.8 Å². The average Bonchev–Trinajstić information content (AvgIpc) is 2.49. The summed E-state index contributed by atoms with van der Waals surface area (Å²) in [6, 6.07) is -1.17. The molecule has 0 aromatic carbocycles. The quantitative estimate of drug-likeness (QED) is 0.708. The molecule has 1 aliphatic carbocycles. The number of imide groups is 1. The molecule has 0 unspecified atom stereocenters. The van der Waals surface area contributed by atoms with Gasteiger partial charge in [-0.2, -0.15) is 0 Å². The van der Waals surface area contributed by atoms with Crippen LogP contribution in [0.25, 0.3) is 0 Å². The number of carbonyl (C=O) groups excluding carboxylic acids is 3. The molecular formula is C15H22NO4-. The molecule has 0 aromatic heterocycles. The summed E-state index contributed by atoms with van der Waals surface area (Å²) < 4.78 is 0. The molecule has 5 nitrogen and oxygen atoms in total. The van der Waals surface area contributed by atoms with E-state index in [-0.39, 0.29) is 23.7 Å². The maximum absolute atomic E-state index is 12.8. The second-order valence-corrected chi connectivity index (χ2v) is 7.17. The van der Waals surface area contributed by atoms with E-state index in [1.807, 2.05) is 20.8 Å². The summed E-state index contributed by atoms with van der Waals surface area (Å²) in [5.74, 6) is -2.71. The van der Waals surface area contributed by atoms with Crippen LogP contribution in [0.3, 0.4) is 0 Å². The van der Waals surface area contributed by atoms with Crippen molar-refractivity contribution in [3.05, 3.63) is 0 Å². The number of fused-ring (bicyclic) bond motifs is 2. The smallest absolute Gasteiger partial charge is 0.236 e. The van der Waals surface area contributed by atoms with Crippen LogP contribution in [0.15, 0.2) is 0 Å². The third-order valence-electron chi connectivity index (χ3n) is 5.60. The van der Waals surface area contributed by atoms with Crippen molar-refractivity contribution in [3.8, 4) is 0 Å². The number of rotatable bonds is 3. The van der Waals surface area contributed by atoms with Crippen molar-refractivity contribution >= 4 is 17.8 Å². The first kappa shape index (κ1) is 15.0. The average molecular weight is 280 g/mol. The molecule has 1 saturated carbocycles. The van der Waals surface area contributed by atoms with Gasteiger partial charge in [0.1, 0.15) is 0 Å². The molecule has 2 aliphatic rings. The topological polar surface area (TPSA) is 77.5 Å². The van der Waals surface area contributed by atoms with Crippen molar-refractivity contribution in [3.63, 3.8) is 0 Å². The van der Waals surface area contributed by atoms with E-state index >= 15 is 0 Å². The van der Waals surface area contributed by atoms with Crippen LogP contribution in [0.2, 0.25) is 0 Å². The standard InChI is InChI=1S/C15H23NO4/c1-8(2)10(12(18)19)16-11(17)9-6-7-15(5,13(16)20)14(9,3)4/h8-10H,6-7H2,1-5H3,(H,18,19)/p-1/t9-,10+,15+/m1/s1. The van der Waals surface area contributed by atoms with Gasteiger partial charge >= 0.3 is 0 Å². The molecule has 0 spiro atoms. The zero-order valence-electron chi connectivity index (χ0n) is 12.7. The summed E-state index contributed by atoms with van der Waals surface area (Å²) in [5, 5.41) is 11.4. The molecule has 2 fully saturated rings. The minimum absolute atomic E-state index is 0.286. The Morgan fingerprint density at radius 2 is 1.85 bits per heavy atom. The summed E-state index contributed by atoms with van der Waals surface area (Å²) in [6.45, 7) is 9.08. The number of hydrogen-bond donors (Lipinski definition) is 0. The van der Waals surface area contributed by atoms with Crippen LogP contribution in [0, 0.1) is 22.7 Å². The minimum Gasteiger partial charge on any atom is -0.548 e. The summed E-state index contributed by atoms with van der Waals surface area (Å²) >= 11 is 0. The molecule has 2 rings (SSSR count). The SMILES string of the molecule is CC(C)[C@@H](C(=O)[O-])N1C(=O)[C@H]2CC[C@@](C)(C1=O)C2(C)C. The van der Waals surface area contributed by atoms with E-state index in [0.717, 1.165) is 4.90 Å². The Morgan fingerprint density at radius 3 is 2.30 bits per heavy atom. The van der Waals surface area contributed by atoms with Gasteiger partial charge in [-0.1, -0.05) is 34.6 Å². The van der Waals surface area contributed by atoms with Gasteiger partial charge in [0.15, 0.2) is 0 Å².